The first kappa shape index (κ1) is 21.4. The normalized spacial score (nSPS) is 15.4. The van der Waals surface area contributed by atoms with Crippen LogP contribution in [-0.4, -0.2) is 35.1 Å². The summed E-state index contributed by atoms with van der Waals surface area (Å²) in [5.41, 5.74) is 2.08. The molecule has 0 saturated heterocycles. The summed E-state index contributed by atoms with van der Waals surface area (Å²) in [5.74, 6) is -0.455. The predicted molar refractivity (Wildman–Crippen MR) is 113 cm³/mol. The number of carbonyl (C=O) groups is 3. The molecule has 1 atom stereocenters. The Labute approximate surface area is 178 Å². The fourth-order valence-corrected chi connectivity index (χ4v) is 3.96. The predicted octanol–water partition coefficient (Wildman–Crippen LogP) is 3.22. The average molecular weight is 427 g/mol. The lowest BCUT2D eigenvalue weighted by Gasteiger charge is -2.20. The molecule has 0 radical (unpaired) electrons. The van der Waals surface area contributed by atoms with Gasteiger partial charge >= 0.3 is 5.97 Å². The first-order valence-corrected chi connectivity index (χ1v) is 9.96. The van der Waals surface area contributed by atoms with E-state index in [0.717, 1.165) is 5.56 Å². The van der Waals surface area contributed by atoms with Gasteiger partial charge in [0.2, 0.25) is 11.8 Å². The number of amides is 2. The number of carbonyl (C=O) groups excluding carboxylic acids is 3. The van der Waals surface area contributed by atoms with Crippen LogP contribution in [0, 0.1) is 6.92 Å². The number of hydrazone groups is 1. The Kier molecular flexibility index (Phi) is 6.41. The molecule has 0 aromatic heterocycles. The fourth-order valence-electron chi connectivity index (χ4n) is 2.83. The Bertz CT molecular complexity index is 1040. The van der Waals surface area contributed by atoms with Crippen LogP contribution in [0.4, 0.5) is 0 Å². The minimum atomic E-state index is -0.498. The average Bonchev–Trinajstić information content (AvgIpc) is 3.11. The highest BCUT2D eigenvalue weighted by Crippen LogP contribution is 2.41. The third kappa shape index (κ3) is 4.80. The van der Waals surface area contributed by atoms with Gasteiger partial charge in [0.15, 0.2) is 16.7 Å². The summed E-state index contributed by atoms with van der Waals surface area (Å²) >= 11 is 1.23. The second kappa shape index (κ2) is 9.00. The van der Waals surface area contributed by atoms with Crippen LogP contribution in [-0.2, 0) is 9.59 Å². The van der Waals surface area contributed by atoms with Crippen molar-refractivity contribution in [3.05, 3.63) is 59.2 Å². The zero-order valence-electron chi connectivity index (χ0n) is 17.0. The molecule has 0 saturated carbocycles. The van der Waals surface area contributed by atoms with Crippen LogP contribution in [0.15, 0.2) is 47.6 Å². The molecule has 9 heteroatoms. The zero-order chi connectivity index (χ0) is 21.8. The van der Waals surface area contributed by atoms with Crippen LogP contribution >= 0.6 is 11.8 Å². The summed E-state index contributed by atoms with van der Waals surface area (Å²) in [5, 5.41) is 7.88. The molecule has 0 fully saturated rings. The summed E-state index contributed by atoms with van der Waals surface area (Å²) in [6.07, 6.45) is 0. The zero-order valence-corrected chi connectivity index (χ0v) is 17.8. The molecular formula is C21H21N3O5S. The number of esters is 1. The van der Waals surface area contributed by atoms with Crippen LogP contribution in [0.1, 0.15) is 40.7 Å². The minimum Gasteiger partial charge on any atom is -0.493 e. The SMILES string of the molecule is COc1cc([C@@H]2SC(NC(C)=O)=NN2C(C)=O)ccc1OC(=O)c1cccc(C)c1. The molecule has 30 heavy (non-hydrogen) atoms. The van der Waals surface area contributed by atoms with E-state index in [1.165, 1.54) is 37.7 Å². The van der Waals surface area contributed by atoms with E-state index < -0.39 is 11.3 Å². The van der Waals surface area contributed by atoms with Crippen molar-refractivity contribution in [3.8, 4) is 11.5 Å². The molecule has 2 aromatic rings. The number of amidine groups is 1. The lowest BCUT2D eigenvalue weighted by molar-refractivity contribution is -0.129. The highest BCUT2D eigenvalue weighted by Gasteiger charge is 2.33. The minimum absolute atomic E-state index is 0.258. The first-order chi connectivity index (χ1) is 14.3. The number of thioether (sulfide) groups is 1. The molecular weight excluding hydrogens is 406 g/mol. The van der Waals surface area contributed by atoms with Crippen LogP contribution in [0.25, 0.3) is 0 Å². The van der Waals surface area contributed by atoms with Crippen molar-refractivity contribution < 1.29 is 23.9 Å². The number of methoxy groups -OCH3 is 1. The van der Waals surface area contributed by atoms with Crippen molar-refractivity contribution in [3.63, 3.8) is 0 Å². The van der Waals surface area contributed by atoms with Gasteiger partial charge in [-0.2, -0.15) is 0 Å². The van der Waals surface area contributed by atoms with Gasteiger partial charge in [0.25, 0.3) is 0 Å². The Morgan fingerprint density at radius 2 is 1.87 bits per heavy atom. The van der Waals surface area contributed by atoms with E-state index in [1.807, 2.05) is 13.0 Å². The molecule has 0 unspecified atom stereocenters. The smallest absolute Gasteiger partial charge is 0.343 e. The monoisotopic (exact) mass is 427 g/mol. The molecule has 2 aromatic carbocycles. The first-order valence-electron chi connectivity index (χ1n) is 9.08. The molecule has 1 aliphatic rings. The summed E-state index contributed by atoms with van der Waals surface area (Å²) < 4.78 is 10.9. The van der Waals surface area contributed by atoms with E-state index in [9.17, 15) is 14.4 Å². The second-order valence-electron chi connectivity index (χ2n) is 6.59. The maximum atomic E-state index is 12.5. The number of hydrogen-bond donors (Lipinski definition) is 1. The maximum absolute atomic E-state index is 12.5. The molecule has 8 nitrogen and oxygen atoms in total. The van der Waals surface area contributed by atoms with E-state index in [0.29, 0.717) is 22.0 Å². The lowest BCUT2D eigenvalue weighted by Crippen LogP contribution is -2.25. The Morgan fingerprint density at radius 3 is 2.50 bits per heavy atom. The van der Waals surface area contributed by atoms with Crippen molar-refractivity contribution in [1.82, 2.24) is 10.3 Å². The molecule has 1 heterocycles. The van der Waals surface area contributed by atoms with Gasteiger partial charge in [-0.05, 0) is 36.8 Å². The molecule has 2 amide bonds. The van der Waals surface area contributed by atoms with Crippen LogP contribution in [0.5, 0.6) is 11.5 Å². The third-order valence-electron chi connectivity index (χ3n) is 4.18. The lowest BCUT2D eigenvalue weighted by atomic mass is 10.1. The molecule has 1 N–H and O–H groups in total. The van der Waals surface area contributed by atoms with Crippen molar-refractivity contribution in [1.29, 1.82) is 0 Å². The van der Waals surface area contributed by atoms with E-state index in [2.05, 4.69) is 10.4 Å². The number of rotatable bonds is 4. The topological polar surface area (TPSA) is 97.3 Å². The number of hydrogen-bond acceptors (Lipinski definition) is 7. The Balaban J connectivity index is 1.84. The van der Waals surface area contributed by atoms with E-state index in [4.69, 9.17) is 9.47 Å². The highest BCUT2D eigenvalue weighted by molar-refractivity contribution is 8.14. The van der Waals surface area contributed by atoms with Gasteiger partial charge in [-0.15, -0.1) is 5.10 Å². The standard InChI is InChI=1S/C21H21N3O5S/c1-12-6-5-7-16(10-12)20(27)29-17-9-8-15(11-18(17)28-4)19-24(14(3)26)23-21(30-19)22-13(2)25/h5-11,19H,1-4H3,(H,22,23,25)/t19-/m0/s1. The molecule has 1 aliphatic heterocycles. The van der Waals surface area contributed by atoms with Gasteiger partial charge in [0.05, 0.1) is 12.7 Å². The number of nitrogens with zero attached hydrogens (tertiary/aromatic N) is 2. The highest BCUT2D eigenvalue weighted by atomic mass is 32.2. The van der Waals surface area contributed by atoms with Gasteiger partial charge < -0.3 is 14.8 Å². The fraction of sp³-hybridized carbons (Fsp3) is 0.238. The molecule has 3 rings (SSSR count). The number of aryl methyl sites for hydroxylation is 1. The summed E-state index contributed by atoms with van der Waals surface area (Å²) in [7, 11) is 1.47. The molecule has 0 aliphatic carbocycles. The molecule has 0 spiro atoms. The molecule has 0 bridgehead atoms. The van der Waals surface area contributed by atoms with Gasteiger partial charge in [-0.1, -0.05) is 35.5 Å². The van der Waals surface area contributed by atoms with Gasteiger partial charge in [-0.25, -0.2) is 9.80 Å². The van der Waals surface area contributed by atoms with E-state index in [-0.39, 0.29) is 17.6 Å². The van der Waals surface area contributed by atoms with Gasteiger partial charge in [0, 0.05) is 13.8 Å². The van der Waals surface area contributed by atoms with Crippen molar-refractivity contribution in [2.45, 2.75) is 26.1 Å². The van der Waals surface area contributed by atoms with Crippen LogP contribution < -0.4 is 14.8 Å². The van der Waals surface area contributed by atoms with Crippen molar-refractivity contribution in [2.24, 2.45) is 5.10 Å². The van der Waals surface area contributed by atoms with E-state index >= 15 is 0 Å². The quantitative estimate of drug-likeness (QED) is 0.594. The number of ether oxygens (including phenoxy) is 2. The second-order valence-corrected chi connectivity index (χ2v) is 7.66. The summed E-state index contributed by atoms with van der Waals surface area (Å²) in [6, 6.07) is 12.1. The summed E-state index contributed by atoms with van der Waals surface area (Å²) in [6.45, 7) is 4.65. The van der Waals surface area contributed by atoms with E-state index in [1.54, 1.807) is 36.4 Å². The van der Waals surface area contributed by atoms with Gasteiger partial charge in [-0.3, -0.25) is 9.59 Å². The summed E-state index contributed by atoms with van der Waals surface area (Å²) in [4.78, 5) is 35.8. The van der Waals surface area contributed by atoms with Crippen LogP contribution in [0.3, 0.4) is 0 Å². The Hall–Kier alpha value is -3.33. The van der Waals surface area contributed by atoms with Gasteiger partial charge in [0.1, 0.15) is 5.37 Å². The largest absolute Gasteiger partial charge is 0.493 e. The van der Waals surface area contributed by atoms with Crippen LogP contribution in [0.2, 0.25) is 0 Å². The number of nitrogens with one attached hydrogen (secondary N) is 1. The maximum Gasteiger partial charge on any atom is 0.343 e. The molecule has 156 valence electrons. The number of benzene rings is 2. The Morgan fingerprint density at radius 1 is 1.10 bits per heavy atom. The third-order valence-corrected chi connectivity index (χ3v) is 5.28. The van der Waals surface area contributed by atoms with Crippen molar-refractivity contribution in [2.75, 3.05) is 7.11 Å². The van der Waals surface area contributed by atoms with Crippen molar-refractivity contribution >= 4 is 34.7 Å².